The fourth-order valence-corrected chi connectivity index (χ4v) is 2.09. The predicted molar refractivity (Wildman–Crippen MR) is 69.1 cm³/mol. The summed E-state index contributed by atoms with van der Waals surface area (Å²) in [5.41, 5.74) is 0.952. The van der Waals surface area contributed by atoms with Gasteiger partial charge in [0, 0.05) is 18.5 Å². The van der Waals surface area contributed by atoms with E-state index in [1.54, 1.807) is 0 Å². The van der Waals surface area contributed by atoms with Gasteiger partial charge < -0.3 is 10.1 Å². The lowest BCUT2D eigenvalue weighted by Gasteiger charge is -2.18. The van der Waals surface area contributed by atoms with Crippen LogP contribution in [0.5, 0.6) is 0 Å². The number of fused-ring (bicyclic) bond motifs is 1. The van der Waals surface area contributed by atoms with Crippen LogP contribution < -0.4 is 5.32 Å². The molecule has 0 spiro atoms. The minimum Gasteiger partial charge on any atom is -0.375 e. The minimum atomic E-state index is -2.59. The quantitative estimate of drug-likeness (QED) is 0.649. The van der Waals surface area contributed by atoms with Crippen LogP contribution in [0.3, 0.4) is 0 Å². The van der Waals surface area contributed by atoms with Crippen molar-refractivity contribution in [2.45, 2.75) is 25.7 Å². The summed E-state index contributed by atoms with van der Waals surface area (Å²) in [7, 11) is 0. The molecular weight excluding hydrogens is 287 g/mol. The molecule has 1 heterocycles. The summed E-state index contributed by atoms with van der Waals surface area (Å²) in [6.45, 7) is -0.928. The number of carbonyl (C=O) groups excluding carboxylic acids is 2. The molecule has 0 unspecified atom stereocenters. The Kier molecular flexibility index (Phi) is 4.95. The SMILES string of the molecule is O=C1CCc2cc(C(=O)CCOCC(F)F)c(F)cc2N1. The molecule has 0 aliphatic carbocycles. The molecule has 7 heteroatoms. The van der Waals surface area contributed by atoms with Gasteiger partial charge in [0.1, 0.15) is 12.4 Å². The van der Waals surface area contributed by atoms with Crippen molar-refractivity contribution in [1.82, 2.24) is 0 Å². The van der Waals surface area contributed by atoms with E-state index in [0.717, 1.165) is 6.07 Å². The summed E-state index contributed by atoms with van der Waals surface area (Å²) in [6, 6.07) is 2.51. The van der Waals surface area contributed by atoms with Crippen LogP contribution >= 0.6 is 0 Å². The molecule has 0 fully saturated rings. The number of ether oxygens (including phenoxy) is 1. The highest BCUT2D eigenvalue weighted by molar-refractivity contribution is 5.99. The van der Waals surface area contributed by atoms with Crippen molar-refractivity contribution >= 4 is 17.4 Å². The van der Waals surface area contributed by atoms with Crippen LogP contribution in [-0.2, 0) is 16.0 Å². The molecule has 0 radical (unpaired) electrons. The zero-order valence-corrected chi connectivity index (χ0v) is 11.1. The number of aryl methyl sites for hydroxylation is 1. The first kappa shape index (κ1) is 15.5. The first-order valence-electron chi connectivity index (χ1n) is 6.48. The van der Waals surface area contributed by atoms with Gasteiger partial charge in [-0.05, 0) is 24.1 Å². The van der Waals surface area contributed by atoms with E-state index in [4.69, 9.17) is 0 Å². The number of halogens is 3. The number of Topliss-reactive ketones (excluding diaryl/α,β-unsaturated/α-hetero) is 1. The van der Waals surface area contributed by atoms with Crippen molar-refractivity contribution in [3.8, 4) is 0 Å². The molecule has 2 rings (SSSR count). The second-order valence-electron chi connectivity index (χ2n) is 4.68. The van der Waals surface area contributed by atoms with Crippen LogP contribution in [0.4, 0.5) is 18.9 Å². The van der Waals surface area contributed by atoms with Gasteiger partial charge in [-0.3, -0.25) is 9.59 Å². The third kappa shape index (κ3) is 4.04. The molecule has 1 aromatic rings. The number of hydrogen-bond acceptors (Lipinski definition) is 3. The van der Waals surface area contributed by atoms with Crippen molar-refractivity contribution in [2.24, 2.45) is 0 Å². The van der Waals surface area contributed by atoms with E-state index in [2.05, 4.69) is 10.1 Å². The normalized spacial score (nSPS) is 14.0. The first-order valence-corrected chi connectivity index (χ1v) is 6.48. The second kappa shape index (κ2) is 6.71. The maximum Gasteiger partial charge on any atom is 0.261 e. The molecule has 21 heavy (non-hydrogen) atoms. The predicted octanol–water partition coefficient (Wildman–Crippen LogP) is 2.56. The fraction of sp³-hybridized carbons (Fsp3) is 0.429. The van der Waals surface area contributed by atoms with Crippen molar-refractivity contribution in [1.29, 1.82) is 0 Å². The van der Waals surface area contributed by atoms with E-state index < -0.39 is 24.6 Å². The lowest BCUT2D eigenvalue weighted by Crippen LogP contribution is -2.20. The Morgan fingerprint density at radius 3 is 2.81 bits per heavy atom. The molecule has 1 aliphatic heterocycles. The van der Waals surface area contributed by atoms with E-state index in [9.17, 15) is 22.8 Å². The highest BCUT2D eigenvalue weighted by Crippen LogP contribution is 2.26. The maximum atomic E-state index is 13.9. The number of ketones is 1. The Morgan fingerprint density at radius 2 is 2.10 bits per heavy atom. The Hall–Kier alpha value is -1.89. The third-order valence-corrected chi connectivity index (χ3v) is 3.11. The molecule has 1 aromatic carbocycles. The van der Waals surface area contributed by atoms with Gasteiger partial charge in [0.25, 0.3) is 6.43 Å². The van der Waals surface area contributed by atoms with Gasteiger partial charge in [0.2, 0.25) is 5.91 Å². The van der Waals surface area contributed by atoms with Crippen molar-refractivity contribution in [3.63, 3.8) is 0 Å². The van der Waals surface area contributed by atoms with Crippen LogP contribution in [0, 0.1) is 5.82 Å². The zero-order valence-electron chi connectivity index (χ0n) is 11.1. The van der Waals surface area contributed by atoms with Gasteiger partial charge >= 0.3 is 0 Å². The van der Waals surface area contributed by atoms with Crippen LogP contribution in [0.25, 0.3) is 0 Å². The lowest BCUT2D eigenvalue weighted by atomic mass is 9.97. The summed E-state index contributed by atoms with van der Waals surface area (Å²) >= 11 is 0. The smallest absolute Gasteiger partial charge is 0.261 e. The Labute approximate surface area is 119 Å². The minimum absolute atomic E-state index is 0.106. The van der Waals surface area contributed by atoms with Gasteiger partial charge in [0.15, 0.2) is 5.78 Å². The first-order chi connectivity index (χ1) is 9.97. The monoisotopic (exact) mass is 301 g/mol. The van der Waals surface area contributed by atoms with Crippen LogP contribution in [0.15, 0.2) is 12.1 Å². The number of anilines is 1. The fourth-order valence-electron chi connectivity index (χ4n) is 2.09. The molecule has 0 atom stereocenters. The molecule has 1 N–H and O–H groups in total. The third-order valence-electron chi connectivity index (χ3n) is 3.11. The molecule has 114 valence electrons. The number of alkyl halides is 2. The average molecular weight is 301 g/mol. The maximum absolute atomic E-state index is 13.9. The van der Waals surface area contributed by atoms with E-state index in [1.807, 2.05) is 0 Å². The molecular formula is C14H14F3NO3. The molecule has 1 aliphatic rings. The van der Waals surface area contributed by atoms with Crippen LogP contribution in [0.1, 0.15) is 28.8 Å². The molecule has 4 nitrogen and oxygen atoms in total. The second-order valence-corrected chi connectivity index (χ2v) is 4.68. The number of nitrogens with one attached hydrogen (secondary N) is 1. The standard InChI is InChI=1S/C14H14F3NO3/c15-10-6-11-8(1-2-14(20)18-11)5-9(10)12(19)3-4-21-7-13(16)17/h5-6,13H,1-4,7H2,(H,18,20). The van der Waals surface area contributed by atoms with Crippen molar-refractivity contribution in [2.75, 3.05) is 18.5 Å². The highest BCUT2D eigenvalue weighted by atomic mass is 19.3. The number of amides is 1. The zero-order chi connectivity index (χ0) is 15.4. The van der Waals surface area contributed by atoms with Crippen LogP contribution in [0.2, 0.25) is 0 Å². The summed E-state index contributed by atoms with van der Waals surface area (Å²) in [4.78, 5) is 23.1. The van der Waals surface area contributed by atoms with Gasteiger partial charge in [-0.25, -0.2) is 13.2 Å². The molecule has 0 saturated heterocycles. The van der Waals surface area contributed by atoms with E-state index in [1.165, 1.54) is 6.07 Å². The number of carbonyl (C=O) groups is 2. The topological polar surface area (TPSA) is 55.4 Å². The van der Waals surface area contributed by atoms with Gasteiger partial charge in [-0.2, -0.15) is 0 Å². The number of benzene rings is 1. The average Bonchev–Trinajstić information content (AvgIpc) is 2.42. The number of hydrogen-bond donors (Lipinski definition) is 1. The largest absolute Gasteiger partial charge is 0.375 e. The van der Waals surface area contributed by atoms with E-state index in [0.29, 0.717) is 17.7 Å². The lowest BCUT2D eigenvalue weighted by molar-refractivity contribution is -0.116. The summed E-state index contributed by atoms with van der Waals surface area (Å²) in [5, 5.41) is 2.53. The number of rotatable bonds is 6. The van der Waals surface area contributed by atoms with E-state index >= 15 is 0 Å². The summed E-state index contributed by atoms with van der Waals surface area (Å²) < 4.78 is 42.2. The van der Waals surface area contributed by atoms with Crippen molar-refractivity contribution in [3.05, 3.63) is 29.1 Å². The van der Waals surface area contributed by atoms with Crippen molar-refractivity contribution < 1.29 is 27.5 Å². The summed E-state index contributed by atoms with van der Waals surface area (Å²) in [6.07, 6.45) is -2.05. The summed E-state index contributed by atoms with van der Waals surface area (Å²) in [5.74, 6) is -1.45. The van der Waals surface area contributed by atoms with Gasteiger partial charge in [-0.1, -0.05) is 0 Å². The molecule has 1 amide bonds. The van der Waals surface area contributed by atoms with Gasteiger partial charge in [-0.15, -0.1) is 0 Å². The highest BCUT2D eigenvalue weighted by Gasteiger charge is 2.20. The van der Waals surface area contributed by atoms with Gasteiger partial charge in [0.05, 0.1) is 12.2 Å². The molecule has 0 bridgehead atoms. The Morgan fingerprint density at radius 1 is 1.33 bits per heavy atom. The van der Waals surface area contributed by atoms with Crippen LogP contribution in [-0.4, -0.2) is 31.3 Å². The van der Waals surface area contributed by atoms with E-state index in [-0.39, 0.29) is 30.9 Å². The molecule has 0 aromatic heterocycles. The Bertz CT molecular complexity index is 561. The molecule has 0 saturated carbocycles. The Balaban J connectivity index is 2.02.